The molecule has 0 aliphatic carbocycles. The van der Waals surface area contributed by atoms with Gasteiger partial charge in [-0.2, -0.15) is 0 Å². The molecule has 1 amide bonds. The number of hydrogen-bond acceptors (Lipinski definition) is 2. The lowest BCUT2D eigenvalue weighted by atomic mass is 9.89. The van der Waals surface area contributed by atoms with Gasteiger partial charge in [0.1, 0.15) is 5.82 Å². The van der Waals surface area contributed by atoms with Crippen molar-refractivity contribution in [2.45, 2.75) is 32.6 Å². The van der Waals surface area contributed by atoms with Crippen LogP contribution in [0, 0.1) is 11.7 Å². The van der Waals surface area contributed by atoms with Gasteiger partial charge in [-0.3, -0.25) is 4.79 Å². The molecule has 3 nitrogen and oxygen atoms in total. The first kappa shape index (κ1) is 17.9. The van der Waals surface area contributed by atoms with E-state index in [1.54, 1.807) is 12.1 Å². The number of rotatable bonds is 4. The average molecular weight is 315 g/mol. The van der Waals surface area contributed by atoms with Crippen molar-refractivity contribution >= 4 is 18.3 Å². The first-order chi connectivity index (χ1) is 9.58. The van der Waals surface area contributed by atoms with E-state index in [1.165, 1.54) is 6.07 Å². The van der Waals surface area contributed by atoms with Gasteiger partial charge in [0.15, 0.2) is 0 Å². The van der Waals surface area contributed by atoms with Crippen molar-refractivity contribution in [2.75, 3.05) is 19.6 Å². The summed E-state index contributed by atoms with van der Waals surface area (Å²) in [7, 11) is 0. The molecular formula is C16H24ClFN2O. The van der Waals surface area contributed by atoms with Crippen LogP contribution in [-0.2, 0) is 0 Å². The molecule has 0 atom stereocenters. The largest absolute Gasteiger partial charge is 0.352 e. The topological polar surface area (TPSA) is 41.1 Å². The second-order valence-corrected chi connectivity index (χ2v) is 5.86. The molecule has 0 spiro atoms. The van der Waals surface area contributed by atoms with Gasteiger partial charge in [0.05, 0.1) is 0 Å². The van der Waals surface area contributed by atoms with E-state index >= 15 is 0 Å². The van der Waals surface area contributed by atoms with Gasteiger partial charge >= 0.3 is 0 Å². The number of halogens is 2. The Bertz CT molecular complexity index is 473. The van der Waals surface area contributed by atoms with Crippen LogP contribution in [0.1, 0.15) is 48.5 Å². The predicted molar refractivity (Wildman–Crippen MR) is 85.7 cm³/mol. The minimum atomic E-state index is -0.255. The summed E-state index contributed by atoms with van der Waals surface area (Å²) in [6.07, 6.45) is 1.91. The second kappa shape index (κ2) is 8.35. The highest BCUT2D eigenvalue weighted by Crippen LogP contribution is 2.27. The fraction of sp³-hybridized carbons (Fsp3) is 0.562. The van der Waals surface area contributed by atoms with Gasteiger partial charge in [0.25, 0.3) is 5.91 Å². The third kappa shape index (κ3) is 4.97. The molecule has 0 bridgehead atoms. The van der Waals surface area contributed by atoms with E-state index in [-0.39, 0.29) is 30.0 Å². The van der Waals surface area contributed by atoms with Crippen molar-refractivity contribution in [1.29, 1.82) is 0 Å². The first-order valence-corrected chi connectivity index (χ1v) is 7.36. The van der Waals surface area contributed by atoms with Gasteiger partial charge in [0.2, 0.25) is 0 Å². The fourth-order valence-corrected chi connectivity index (χ4v) is 2.53. The Labute approximate surface area is 132 Å². The van der Waals surface area contributed by atoms with Crippen LogP contribution in [0.2, 0.25) is 0 Å². The number of amides is 1. The van der Waals surface area contributed by atoms with Crippen molar-refractivity contribution in [3.8, 4) is 0 Å². The maximum absolute atomic E-state index is 14.2. The molecule has 1 saturated heterocycles. The smallest absolute Gasteiger partial charge is 0.251 e. The Hall–Kier alpha value is -1.13. The van der Waals surface area contributed by atoms with Crippen molar-refractivity contribution < 1.29 is 9.18 Å². The van der Waals surface area contributed by atoms with Gasteiger partial charge < -0.3 is 10.6 Å². The lowest BCUT2D eigenvalue weighted by Gasteiger charge is -2.23. The Balaban J connectivity index is 0.00000220. The van der Waals surface area contributed by atoms with E-state index < -0.39 is 0 Å². The van der Waals surface area contributed by atoms with Crippen LogP contribution < -0.4 is 10.6 Å². The molecule has 5 heteroatoms. The summed E-state index contributed by atoms with van der Waals surface area (Å²) in [4.78, 5) is 11.9. The number of carbonyl (C=O) groups excluding carboxylic acids is 1. The van der Waals surface area contributed by atoms with E-state index in [0.29, 0.717) is 18.0 Å². The number of piperidine rings is 1. The van der Waals surface area contributed by atoms with Crippen LogP contribution in [0.15, 0.2) is 18.2 Å². The summed E-state index contributed by atoms with van der Waals surface area (Å²) in [6, 6.07) is 4.87. The molecule has 0 aromatic heterocycles. The van der Waals surface area contributed by atoms with Gasteiger partial charge in [-0.1, -0.05) is 19.9 Å². The maximum Gasteiger partial charge on any atom is 0.251 e. The second-order valence-electron chi connectivity index (χ2n) is 5.86. The minimum Gasteiger partial charge on any atom is -0.352 e. The summed E-state index contributed by atoms with van der Waals surface area (Å²) in [5.41, 5.74) is 1.15. The molecule has 1 aromatic carbocycles. The molecule has 1 aliphatic heterocycles. The molecule has 2 rings (SSSR count). The van der Waals surface area contributed by atoms with Crippen LogP contribution in [0.5, 0.6) is 0 Å². The zero-order valence-electron chi connectivity index (χ0n) is 12.6. The lowest BCUT2D eigenvalue weighted by molar-refractivity contribution is 0.0948. The van der Waals surface area contributed by atoms with Gasteiger partial charge in [0, 0.05) is 12.1 Å². The Morgan fingerprint density at radius 1 is 1.38 bits per heavy atom. The van der Waals surface area contributed by atoms with Crippen LogP contribution in [-0.4, -0.2) is 25.5 Å². The van der Waals surface area contributed by atoms with E-state index in [1.807, 2.05) is 13.8 Å². The number of hydrogen-bond donors (Lipinski definition) is 2. The van der Waals surface area contributed by atoms with E-state index in [4.69, 9.17) is 0 Å². The van der Waals surface area contributed by atoms with Crippen molar-refractivity contribution in [3.05, 3.63) is 35.1 Å². The van der Waals surface area contributed by atoms with E-state index in [2.05, 4.69) is 10.6 Å². The molecule has 1 aliphatic rings. The Morgan fingerprint density at radius 2 is 2.05 bits per heavy atom. The van der Waals surface area contributed by atoms with Gasteiger partial charge in [-0.15, -0.1) is 12.4 Å². The number of nitrogens with one attached hydrogen (secondary N) is 2. The van der Waals surface area contributed by atoms with Crippen LogP contribution >= 0.6 is 12.4 Å². The molecule has 21 heavy (non-hydrogen) atoms. The van der Waals surface area contributed by atoms with Crippen molar-refractivity contribution in [1.82, 2.24) is 10.6 Å². The molecule has 118 valence electrons. The summed E-state index contributed by atoms with van der Waals surface area (Å²) in [5, 5.41) is 6.08. The lowest BCUT2D eigenvalue weighted by Crippen LogP contribution is -2.28. The molecule has 1 fully saturated rings. The summed E-state index contributed by atoms with van der Waals surface area (Å²) in [5.74, 6) is 0.199. The van der Waals surface area contributed by atoms with Crippen LogP contribution in [0.4, 0.5) is 4.39 Å². The normalized spacial score (nSPS) is 15.6. The zero-order chi connectivity index (χ0) is 14.5. The minimum absolute atomic E-state index is 0. The molecule has 2 N–H and O–H groups in total. The molecule has 0 unspecified atom stereocenters. The molecule has 0 saturated carbocycles. The Morgan fingerprint density at radius 3 is 2.62 bits per heavy atom. The highest BCUT2D eigenvalue weighted by Gasteiger charge is 2.19. The van der Waals surface area contributed by atoms with Gasteiger partial charge in [-0.05, 0) is 55.5 Å². The van der Waals surface area contributed by atoms with Crippen LogP contribution in [0.3, 0.4) is 0 Å². The maximum atomic E-state index is 14.2. The Kier molecular flexibility index (Phi) is 7.12. The van der Waals surface area contributed by atoms with E-state index in [0.717, 1.165) is 31.5 Å². The molecular weight excluding hydrogens is 291 g/mol. The van der Waals surface area contributed by atoms with Crippen molar-refractivity contribution in [2.24, 2.45) is 5.92 Å². The zero-order valence-corrected chi connectivity index (χ0v) is 13.4. The SMILES string of the molecule is CC(C)CNC(=O)c1ccc(C2CCNCC2)c(F)c1.Cl. The summed E-state index contributed by atoms with van der Waals surface area (Å²) >= 11 is 0. The fourth-order valence-electron chi connectivity index (χ4n) is 2.53. The molecule has 1 heterocycles. The first-order valence-electron chi connectivity index (χ1n) is 7.36. The number of carbonyl (C=O) groups is 1. The average Bonchev–Trinajstić information content (AvgIpc) is 2.45. The monoisotopic (exact) mass is 314 g/mol. The quantitative estimate of drug-likeness (QED) is 0.896. The highest BCUT2D eigenvalue weighted by atomic mass is 35.5. The molecule has 1 aromatic rings. The third-order valence-corrected chi connectivity index (χ3v) is 3.71. The standard InChI is InChI=1S/C16H23FN2O.ClH/c1-11(2)10-19-16(20)13-3-4-14(15(17)9-13)12-5-7-18-8-6-12;/h3-4,9,11-12,18H,5-8,10H2,1-2H3,(H,19,20);1H. The molecule has 0 radical (unpaired) electrons. The van der Waals surface area contributed by atoms with Crippen molar-refractivity contribution in [3.63, 3.8) is 0 Å². The highest BCUT2D eigenvalue weighted by molar-refractivity contribution is 5.94. The third-order valence-electron chi connectivity index (χ3n) is 3.71. The van der Waals surface area contributed by atoms with Gasteiger partial charge in [-0.25, -0.2) is 4.39 Å². The van der Waals surface area contributed by atoms with Crippen LogP contribution in [0.25, 0.3) is 0 Å². The van der Waals surface area contributed by atoms with E-state index in [9.17, 15) is 9.18 Å². The summed E-state index contributed by atoms with van der Waals surface area (Å²) < 4.78 is 14.2. The predicted octanol–water partition coefficient (Wildman–Crippen LogP) is 3.10. The summed E-state index contributed by atoms with van der Waals surface area (Å²) in [6.45, 7) is 6.53. The number of benzene rings is 1.